The highest BCUT2D eigenvalue weighted by Crippen LogP contribution is 2.25. The maximum Gasteiger partial charge on any atom is 0.305 e. The van der Waals surface area contributed by atoms with Crippen LogP contribution in [0.5, 0.6) is 5.75 Å². The number of rotatable bonds is 3. The molecule has 1 aromatic carbocycles. The number of nitrogens with zero attached hydrogens (tertiary/aromatic N) is 1. The first kappa shape index (κ1) is 14.6. The molecular weight excluding hydrogens is 285 g/mol. The summed E-state index contributed by atoms with van der Waals surface area (Å²) >= 11 is 1.59. The molecule has 0 spiro atoms. The highest BCUT2D eigenvalue weighted by Gasteiger charge is 2.30. The van der Waals surface area contributed by atoms with Crippen LogP contribution in [0.25, 0.3) is 0 Å². The first-order valence-electron chi connectivity index (χ1n) is 6.08. The number of carbonyl (C=O) groups excluding carboxylic acids is 1. The van der Waals surface area contributed by atoms with Crippen LogP contribution in [0.1, 0.15) is 16.8 Å². The van der Waals surface area contributed by atoms with E-state index in [0.29, 0.717) is 18.1 Å². The Morgan fingerprint density at radius 3 is 2.85 bits per heavy atom. The predicted molar refractivity (Wildman–Crippen MR) is 72.5 cm³/mol. The number of halogens is 1. The number of phenols is 1. The monoisotopic (exact) mass is 299 g/mol. The van der Waals surface area contributed by atoms with Crippen molar-refractivity contribution in [2.24, 2.45) is 0 Å². The Bertz CT molecular complexity index is 537. The second-order valence-electron chi connectivity index (χ2n) is 4.49. The fourth-order valence-corrected chi connectivity index (χ4v) is 3.20. The van der Waals surface area contributed by atoms with E-state index in [0.717, 1.165) is 12.1 Å². The van der Waals surface area contributed by atoms with Crippen LogP contribution >= 0.6 is 11.8 Å². The molecule has 1 heterocycles. The van der Waals surface area contributed by atoms with Gasteiger partial charge in [0, 0.05) is 24.1 Å². The van der Waals surface area contributed by atoms with E-state index in [4.69, 9.17) is 5.11 Å². The summed E-state index contributed by atoms with van der Waals surface area (Å²) in [5.41, 5.74) is -0.00584. The summed E-state index contributed by atoms with van der Waals surface area (Å²) in [6.07, 6.45) is -0.138. The molecule has 1 atom stereocenters. The minimum Gasteiger partial charge on any atom is -0.507 e. The zero-order valence-electron chi connectivity index (χ0n) is 10.6. The Hall–Kier alpha value is -1.76. The number of benzene rings is 1. The van der Waals surface area contributed by atoms with Crippen LogP contribution in [-0.4, -0.2) is 51.1 Å². The average Bonchev–Trinajstić information content (AvgIpc) is 2.38. The van der Waals surface area contributed by atoms with Crippen LogP contribution in [0, 0.1) is 5.82 Å². The fraction of sp³-hybridized carbons (Fsp3) is 0.385. The number of phenolic OH excluding ortho intramolecular Hbond substituents is 1. The first-order valence-corrected chi connectivity index (χ1v) is 7.23. The Morgan fingerprint density at radius 2 is 2.20 bits per heavy atom. The van der Waals surface area contributed by atoms with E-state index in [-0.39, 0.29) is 12.0 Å². The smallest absolute Gasteiger partial charge is 0.305 e. The summed E-state index contributed by atoms with van der Waals surface area (Å²) < 4.78 is 12.9. The Labute approximate surface area is 119 Å². The molecule has 1 aliphatic rings. The number of hydrogen-bond donors (Lipinski definition) is 2. The van der Waals surface area contributed by atoms with Crippen LogP contribution < -0.4 is 0 Å². The number of hydrogen-bond acceptors (Lipinski definition) is 4. The van der Waals surface area contributed by atoms with Crippen molar-refractivity contribution in [2.75, 3.05) is 18.1 Å². The summed E-state index contributed by atoms with van der Waals surface area (Å²) in [7, 11) is 0. The van der Waals surface area contributed by atoms with Crippen molar-refractivity contribution in [3.8, 4) is 5.75 Å². The molecule has 5 nitrogen and oxygen atoms in total. The van der Waals surface area contributed by atoms with Gasteiger partial charge < -0.3 is 15.1 Å². The number of carbonyl (C=O) groups is 2. The van der Waals surface area contributed by atoms with Crippen molar-refractivity contribution in [1.29, 1.82) is 0 Å². The van der Waals surface area contributed by atoms with Gasteiger partial charge >= 0.3 is 5.97 Å². The predicted octanol–water partition coefficient (Wildman–Crippen LogP) is 1.56. The Balaban J connectivity index is 2.22. The van der Waals surface area contributed by atoms with E-state index >= 15 is 0 Å². The second kappa shape index (κ2) is 6.13. The van der Waals surface area contributed by atoms with E-state index in [1.54, 1.807) is 11.8 Å². The minimum absolute atomic E-state index is 0.00584. The molecule has 2 rings (SSSR count). The van der Waals surface area contributed by atoms with Crippen molar-refractivity contribution in [2.45, 2.75) is 12.5 Å². The molecule has 7 heteroatoms. The van der Waals surface area contributed by atoms with Gasteiger partial charge in [0.2, 0.25) is 0 Å². The first-order chi connectivity index (χ1) is 9.49. The molecule has 1 aromatic rings. The Morgan fingerprint density at radius 1 is 1.45 bits per heavy atom. The second-order valence-corrected chi connectivity index (χ2v) is 5.64. The van der Waals surface area contributed by atoms with Gasteiger partial charge in [-0.2, -0.15) is 11.8 Å². The number of thioether (sulfide) groups is 1. The molecule has 0 aromatic heterocycles. The Kier molecular flexibility index (Phi) is 4.49. The standard InChI is InChI=1S/C13H14FNO4S/c14-8-1-2-10(11(16)5-8)13(19)15-3-4-20-7-9(15)6-12(17)18/h1-2,5,9,16H,3-4,6-7H2,(H,17,18). The number of amides is 1. The summed E-state index contributed by atoms with van der Waals surface area (Å²) in [5.74, 6) is -1.24. The summed E-state index contributed by atoms with van der Waals surface area (Å²) in [6, 6.07) is 2.77. The number of aromatic hydroxyl groups is 1. The molecule has 1 unspecified atom stereocenters. The molecule has 1 fully saturated rings. The van der Waals surface area contributed by atoms with Gasteiger partial charge in [0.05, 0.1) is 18.0 Å². The molecule has 1 aliphatic heterocycles. The molecule has 0 saturated carbocycles. The molecular formula is C13H14FNO4S. The zero-order chi connectivity index (χ0) is 14.7. The van der Waals surface area contributed by atoms with Crippen LogP contribution in [0.2, 0.25) is 0 Å². The molecule has 20 heavy (non-hydrogen) atoms. The molecule has 1 amide bonds. The van der Waals surface area contributed by atoms with E-state index < -0.39 is 29.5 Å². The van der Waals surface area contributed by atoms with Gasteiger partial charge in [-0.3, -0.25) is 9.59 Å². The summed E-state index contributed by atoms with van der Waals surface area (Å²) in [4.78, 5) is 24.6. The minimum atomic E-state index is -0.973. The molecule has 108 valence electrons. The molecule has 0 aliphatic carbocycles. The van der Waals surface area contributed by atoms with Gasteiger partial charge in [-0.05, 0) is 12.1 Å². The lowest BCUT2D eigenvalue weighted by Crippen LogP contribution is -2.47. The summed E-state index contributed by atoms with van der Waals surface area (Å²) in [6.45, 7) is 0.415. The van der Waals surface area contributed by atoms with Gasteiger partial charge in [0.25, 0.3) is 5.91 Å². The third-order valence-corrected chi connectivity index (χ3v) is 4.18. The highest BCUT2D eigenvalue weighted by atomic mass is 32.2. The molecule has 0 bridgehead atoms. The van der Waals surface area contributed by atoms with Crippen molar-refractivity contribution >= 4 is 23.6 Å². The van der Waals surface area contributed by atoms with Gasteiger partial charge in [0.15, 0.2) is 0 Å². The van der Waals surface area contributed by atoms with Gasteiger partial charge in [-0.1, -0.05) is 0 Å². The van der Waals surface area contributed by atoms with Crippen molar-refractivity contribution < 1.29 is 24.2 Å². The van der Waals surface area contributed by atoms with Crippen LogP contribution in [0.3, 0.4) is 0 Å². The maximum atomic E-state index is 12.9. The topological polar surface area (TPSA) is 77.8 Å². The normalized spacial score (nSPS) is 18.9. The highest BCUT2D eigenvalue weighted by molar-refractivity contribution is 7.99. The van der Waals surface area contributed by atoms with Gasteiger partial charge in [-0.15, -0.1) is 0 Å². The van der Waals surface area contributed by atoms with Crippen molar-refractivity contribution in [1.82, 2.24) is 4.90 Å². The van der Waals surface area contributed by atoms with E-state index in [1.807, 2.05) is 0 Å². The van der Waals surface area contributed by atoms with Gasteiger partial charge in [-0.25, -0.2) is 4.39 Å². The average molecular weight is 299 g/mol. The lowest BCUT2D eigenvalue weighted by atomic mass is 10.1. The molecule has 2 N–H and O–H groups in total. The molecule has 0 radical (unpaired) electrons. The van der Waals surface area contributed by atoms with Gasteiger partial charge in [0.1, 0.15) is 11.6 Å². The molecule has 1 saturated heterocycles. The lowest BCUT2D eigenvalue weighted by molar-refractivity contribution is -0.138. The van der Waals surface area contributed by atoms with Crippen molar-refractivity contribution in [3.63, 3.8) is 0 Å². The lowest BCUT2D eigenvalue weighted by Gasteiger charge is -2.34. The SMILES string of the molecule is O=C(O)CC1CSCCN1C(=O)c1ccc(F)cc1O. The fourth-order valence-electron chi connectivity index (χ4n) is 2.13. The zero-order valence-corrected chi connectivity index (χ0v) is 11.4. The van der Waals surface area contributed by atoms with Crippen LogP contribution in [0.4, 0.5) is 4.39 Å². The third-order valence-electron chi connectivity index (χ3n) is 3.09. The van der Waals surface area contributed by atoms with Crippen LogP contribution in [0.15, 0.2) is 18.2 Å². The quantitative estimate of drug-likeness (QED) is 0.885. The number of carboxylic acid groups (broad SMARTS) is 1. The van der Waals surface area contributed by atoms with Crippen LogP contribution in [-0.2, 0) is 4.79 Å². The van der Waals surface area contributed by atoms with E-state index in [2.05, 4.69) is 0 Å². The third kappa shape index (κ3) is 3.22. The summed E-state index contributed by atoms with van der Waals surface area (Å²) in [5, 5.41) is 18.5. The van der Waals surface area contributed by atoms with E-state index in [9.17, 15) is 19.1 Å². The largest absolute Gasteiger partial charge is 0.507 e. The van der Waals surface area contributed by atoms with E-state index in [1.165, 1.54) is 11.0 Å². The number of aliphatic carboxylic acids is 1. The maximum absolute atomic E-state index is 12.9. The number of carboxylic acids is 1. The van der Waals surface area contributed by atoms with Crippen molar-refractivity contribution in [3.05, 3.63) is 29.6 Å².